The van der Waals surface area contributed by atoms with Crippen molar-refractivity contribution in [3.05, 3.63) is 77.7 Å². The number of halogens is 1. The first-order chi connectivity index (χ1) is 15.9. The summed E-state index contributed by atoms with van der Waals surface area (Å²) in [4.78, 5) is 18.0. The molecule has 1 amide bonds. The minimum atomic E-state index is -0.798. The van der Waals surface area contributed by atoms with E-state index in [1.165, 1.54) is 5.56 Å². The number of hydrogen-bond donors (Lipinski definition) is 2. The zero-order valence-corrected chi connectivity index (χ0v) is 18.9. The molecular weight excluding hydrogens is 419 g/mol. The lowest BCUT2D eigenvalue weighted by atomic mass is 10.0. The van der Waals surface area contributed by atoms with Crippen molar-refractivity contribution >= 4 is 5.91 Å². The van der Waals surface area contributed by atoms with Crippen LogP contribution in [0, 0.1) is 5.82 Å². The number of nitrogens with one attached hydrogen (secondary N) is 1. The first kappa shape index (κ1) is 22.9. The Labute approximate surface area is 193 Å². The van der Waals surface area contributed by atoms with Crippen LogP contribution >= 0.6 is 0 Å². The van der Waals surface area contributed by atoms with Gasteiger partial charge in [0.25, 0.3) is 5.91 Å². The highest BCUT2D eigenvalue weighted by Crippen LogP contribution is 2.28. The van der Waals surface area contributed by atoms with Crippen LogP contribution in [0.2, 0.25) is 0 Å². The van der Waals surface area contributed by atoms with E-state index in [9.17, 15) is 9.18 Å². The second kappa shape index (κ2) is 10.1. The zero-order valence-electron chi connectivity index (χ0n) is 18.9. The first-order valence-electron chi connectivity index (χ1n) is 11.2. The Morgan fingerprint density at radius 2 is 1.85 bits per heavy atom. The van der Waals surface area contributed by atoms with Crippen LogP contribution in [0.4, 0.5) is 4.39 Å². The summed E-state index contributed by atoms with van der Waals surface area (Å²) >= 11 is 0. The number of pyridine rings is 1. The molecule has 2 heterocycles. The zero-order chi connectivity index (χ0) is 23.4. The van der Waals surface area contributed by atoms with Gasteiger partial charge in [0.1, 0.15) is 17.1 Å². The van der Waals surface area contributed by atoms with Gasteiger partial charge in [0, 0.05) is 31.7 Å². The molecule has 4 rings (SSSR count). The van der Waals surface area contributed by atoms with Crippen LogP contribution in [0.15, 0.2) is 60.8 Å². The maximum absolute atomic E-state index is 13.4. The van der Waals surface area contributed by atoms with Crippen molar-refractivity contribution in [2.75, 3.05) is 19.6 Å². The molecule has 1 fully saturated rings. The number of rotatable bonds is 7. The van der Waals surface area contributed by atoms with E-state index in [-0.39, 0.29) is 11.4 Å². The van der Waals surface area contributed by atoms with E-state index in [0.717, 1.165) is 49.4 Å². The van der Waals surface area contributed by atoms with E-state index in [0.29, 0.717) is 17.8 Å². The van der Waals surface area contributed by atoms with E-state index in [4.69, 9.17) is 10.5 Å². The van der Waals surface area contributed by atoms with Gasteiger partial charge in [0.2, 0.25) is 5.88 Å². The SMILES string of the molecule is C[C@@H]1CN(CCc2ccc(-c3cccc(Oc4ncc(F)cc4C(N)=O)c3)cc2)C[C@H](C)N1. The van der Waals surface area contributed by atoms with Gasteiger partial charge in [-0.25, -0.2) is 9.37 Å². The number of amides is 1. The van der Waals surface area contributed by atoms with Gasteiger partial charge in [0.05, 0.1) is 6.20 Å². The number of aromatic nitrogens is 1. The number of hydrogen-bond acceptors (Lipinski definition) is 5. The van der Waals surface area contributed by atoms with Gasteiger partial charge in [-0.2, -0.15) is 0 Å². The van der Waals surface area contributed by atoms with Gasteiger partial charge in [-0.05, 0) is 55.2 Å². The monoisotopic (exact) mass is 448 g/mol. The Morgan fingerprint density at radius 1 is 1.12 bits per heavy atom. The summed E-state index contributed by atoms with van der Waals surface area (Å²) < 4.78 is 19.2. The summed E-state index contributed by atoms with van der Waals surface area (Å²) in [6.07, 6.45) is 2.00. The summed E-state index contributed by atoms with van der Waals surface area (Å²) in [7, 11) is 0. The molecule has 0 bridgehead atoms. The second-order valence-electron chi connectivity index (χ2n) is 8.68. The highest BCUT2D eigenvalue weighted by atomic mass is 19.1. The molecule has 3 aromatic rings. The van der Waals surface area contributed by atoms with E-state index < -0.39 is 11.7 Å². The molecule has 0 radical (unpaired) electrons. The number of ether oxygens (including phenoxy) is 1. The average Bonchev–Trinajstić information content (AvgIpc) is 2.79. The highest BCUT2D eigenvalue weighted by Gasteiger charge is 2.20. The number of benzene rings is 2. The van der Waals surface area contributed by atoms with E-state index in [2.05, 4.69) is 53.3 Å². The van der Waals surface area contributed by atoms with Crippen molar-refractivity contribution in [2.45, 2.75) is 32.4 Å². The third-order valence-electron chi connectivity index (χ3n) is 5.77. The van der Waals surface area contributed by atoms with Crippen LogP contribution in [-0.4, -0.2) is 47.5 Å². The highest BCUT2D eigenvalue weighted by molar-refractivity contribution is 5.95. The van der Waals surface area contributed by atoms with Crippen LogP contribution in [0.1, 0.15) is 29.8 Å². The number of carbonyl (C=O) groups is 1. The molecule has 1 saturated heterocycles. The fourth-order valence-electron chi connectivity index (χ4n) is 4.31. The standard InChI is InChI=1S/C26H29FN4O2/c1-17-15-31(16-18(2)30-17)11-10-19-6-8-20(9-7-19)21-4-3-5-23(12-21)33-26-24(25(28)32)13-22(27)14-29-26/h3-9,12-14,17-18,30H,10-11,15-16H2,1-2H3,(H2,28,32)/t17-,18+. The first-order valence-corrected chi connectivity index (χ1v) is 11.2. The Kier molecular flexibility index (Phi) is 7.01. The molecule has 7 heteroatoms. The molecular formula is C26H29FN4O2. The Balaban J connectivity index is 1.43. The summed E-state index contributed by atoms with van der Waals surface area (Å²) in [6, 6.07) is 18.0. The Bertz CT molecular complexity index is 1110. The lowest BCUT2D eigenvalue weighted by molar-refractivity contribution is 0.0997. The van der Waals surface area contributed by atoms with Crippen LogP contribution in [0.5, 0.6) is 11.6 Å². The second-order valence-corrected chi connectivity index (χ2v) is 8.68. The molecule has 3 N–H and O–H groups in total. The molecule has 0 unspecified atom stereocenters. The molecule has 0 saturated carbocycles. The van der Waals surface area contributed by atoms with Crippen molar-refractivity contribution in [3.63, 3.8) is 0 Å². The van der Waals surface area contributed by atoms with Gasteiger partial charge in [-0.3, -0.25) is 9.69 Å². The lowest BCUT2D eigenvalue weighted by Crippen LogP contribution is -2.54. The van der Waals surface area contributed by atoms with Crippen molar-refractivity contribution in [2.24, 2.45) is 5.73 Å². The van der Waals surface area contributed by atoms with Crippen LogP contribution in [0.25, 0.3) is 11.1 Å². The van der Waals surface area contributed by atoms with E-state index in [1.54, 1.807) is 6.07 Å². The van der Waals surface area contributed by atoms with Gasteiger partial charge < -0.3 is 15.8 Å². The van der Waals surface area contributed by atoms with E-state index >= 15 is 0 Å². The molecule has 0 aliphatic carbocycles. The average molecular weight is 449 g/mol. The summed E-state index contributed by atoms with van der Waals surface area (Å²) in [5.41, 5.74) is 8.54. The number of nitrogens with two attached hydrogens (primary N) is 1. The Hall–Kier alpha value is -3.29. The van der Waals surface area contributed by atoms with Crippen molar-refractivity contribution in [1.82, 2.24) is 15.2 Å². The molecule has 2 aromatic carbocycles. The summed E-state index contributed by atoms with van der Waals surface area (Å²) in [6.45, 7) is 7.67. The fraction of sp³-hybridized carbons (Fsp3) is 0.308. The largest absolute Gasteiger partial charge is 0.438 e. The topological polar surface area (TPSA) is 80.5 Å². The minimum absolute atomic E-state index is 0.0204. The predicted octanol–water partition coefficient (Wildman–Crippen LogP) is 4.00. The molecule has 6 nitrogen and oxygen atoms in total. The molecule has 1 aromatic heterocycles. The smallest absolute Gasteiger partial charge is 0.254 e. The fourth-order valence-corrected chi connectivity index (χ4v) is 4.31. The van der Waals surface area contributed by atoms with Crippen molar-refractivity contribution in [3.8, 4) is 22.8 Å². The van der Waals surface area contributed by atoms with E-state index in [1.807, 2.05) is 18.2 Å². The molecule has 2 atom stereocenters. The lowest BCUT2D eigenvalue weighted by Gasteiger charge is -2.36. The van der Waals surface area contributed by atoms with Crippen molar-refractivity contribution < 1.29 is 13.9 Å². The third kappa shape index (κ3) is 5.94. The maximum Gasteiger partial charge on any atom is 0.254 e. The normalized spacial score (nSPS) is 18.8. The number of carbonyl (C=O) groups excluding carboxylic acids is 1. The third-order valence-corrected chi connectivity index (χ3v) is 5.77. The van der Waals surface area contributed by atoms with Gasteiger partial charge >= 0.3 is 0 Å². The molecule has 1 aliphatic rings. The predicted molar refractivity (Wildman–Crippen MR) is 127 cm³/mol. The van der Waals surface area contributed by atoms with Crippen LogP contribution < -0.4 is 15.8 Å². The molecule has 172 valence electrons. The number of piperazine rings is 1. The van der Waals surface area contributed by atoms with Crippen molar-refractivity contribution in [1.29, 1.82) is 0 Å². The van der Waals surface area contributed by atoms with Gasteiger partial charge in [-0.1, -0.05) is 36.4 Å². The molecule has 0 spiro atoms. The van der Waals surface area contributed by atoms with Crippen LogP contribution in [-0.2, 0) is 6.42 Å². The van der Waals surface area contributed by atoms with Crippen LogP contribution in [0.3, 0.4) is 0 Å². The molecule has 33 heavy (non-hydrogen) atoms. The molecule has 1 aliphatic heterocycles. The van der Waals surface area contributed by atoms with Gasteiger partial charge in [0.15, 0.2) is 0 Å². The minimum Gasteiger partial charge on any atom is -0.438 e. The number of primary amides is 1. The van der Waals surface area contributed by atoms with Gasteiger partial charge in [-0.15, -0.1) is 0 Å². The quantitative estimate of drug-likeness (QED) is 0.571. The summed E-state index contributed by atoms with van der Waals surface area (Å²) in [5.74, 6) is -0.979. The summed E-state index contributed by atoms with van der Waals surface area (Å²) in [5, 5.41) is 3.57. The Morgan fingerprint density at radius 3 is 2.55 bits per heavy atom. The number of nitrogens with zero attached hydrogens (tertiary/aromatic N) is 2. The maximum atomic E-state index is 13.4.